The average Bonchev–Trinajstić information content (AvgIpc) is 3.31. The van der Waals surface area contributed by atoms with Gasteiger partial charge in [-0.25, -0.2) is 13.8 Å². The lowest BCUT2D eigenvalue weighted by molar-refractivity contribution is 0.0971. The number of fused-ring (bicyclic) bond motifs is 1. The summed E-state index contributed by atoms with van der Waals surface area (Å²) in [5.41, 5.74) is 4.09. The largest absolute Gasteiger partial charge is 0.497 e. The second-order valence-corrected chi connectivity index (χ2v) is 9.42. The van der Waals surface area contributed by atoms with Crippen molar-refractivity contribution >= 4 is 35.0 Å². The highest BCUT2D eigenvalue weighted by atomic mass is 32.1. The molecule has 1 aliphatic heterocycles. The van der Waals surface area contributed by atoms with Crippen molar-refractivity contribution in [2.75, 3.05) is 7.11 Å². The Balaban J connectivity index is 1.47. The van der Waals surface area contributed by atoms with Gasteiger partial charge in [-0.1, -0.05) is 24.3 Å². The van der Waals surface area contributed by atoms with Crippen LogP contribution >= 0.6 is 12.2 Å². The number of amides is 1. The molecule has 8 heteroatoms. The normalized spacial score (nSPS) is 19.8. The number of carbonyl (C=O) groups is 1. The minimum Gasteiger partial charge on any atom is -0.497 e. The Kier molecular flexibility index (Phi) is 7.10. The molecule has 5 nitrogen and oxygen atoms in total. The maximum absolute atomic E-state index is 13.7. The van der Waals surface area contributed by atoms with Gasteiger partial charge < -0.3 is 4.74 Å². The van der Waals surface area contributed by atoms with Gasteiger partial charge in [0.05, 0.1) is 18.9 Å². The molecular weight excluding hydrogens is 492 g/mol. The van der Waals surface area contributed by atoms with Crippen LogP contribution in [0.1, 0.15) is 46.8 Å². The van der Waals surface area contributed by atoms with Crippen LogP contribution in [-0.2, 0) is 0 Å². The molecule has 2 aliphatic rings. The predicted octanol–water partition coefficient (Wildman–Crippen LogP) is 6.28. The molecule has 188 valence electrons. The first-order valence-electron chi connectivity index (χ1n) is 12.0. The molecule has 3 aromatic rings. The van der Waals surface area contributed by atoms with E-state index in [2.05, 4.69) is 5.32 Å². The van der Waals surface area contributed by atoms with E-state index in [-0.39, 0.29) is 34.6 Å². The summed E-state index contributed by atoms with van der Waals surface area (Å²) < 4.78 is 32.3. The highest BCUT2D eigenvalue weighted by molar-refractivity contribution is 7.80. The summed E-state index contributed by atoms with van der Waals surface area (Å²) >= 11 is 5.67. The van der Waals surface area contributed by atoms with Crippen LogP contribution in [0.5, 0.6) is 5.75 Å². The first-order valence-corrected chi connectivity index (χ1v) is 12.4. The number of methoxy groups -OCH3 is 1. The number of nitrogens with zero attached hydrogens (tertiary/aromatic N) is 2. The first kappa shape index (κ1) is 24.8. The molecule has 3 aromatic carbocycles. The fourth-order valence-electron chi connectivity index (χ4n) is 4.89. The third-order valence-electron chi connectivity index (χ3n) is 6.70. The number of carbonyl (C=O) groups excluding carboxylic acids is 1. The van der Waals surface area contributed by atoms with E-state index in [1.54, 1.807) is 60.6 Å². The number of benzene rings is 3. The molecule has 1 saturated carbocycles. The van der Waals surface area contributed by atoms with Crippen LogP contribution in [-0.4, -0.2) is 28.9 Å². The van der Waals surface area contributed by atoms with E-state index in [9.17, 15) is 13.6 Å². The monoisotopic (exact) mass is 517 g/mol. The number of hydrazone groups is 1. The zero-order chi connectivity index (χ0) is 25.9. The summed E-state index contributed by atoms with van der Waals surface area (Å²) in [6.45, 7) is 0. The third-order valence-corrected chi connectivity index (χ3v) is 6.99. The van der Waals surface area contributed by atoms with Gasteiger partial charge in [0, 0.05) is 11.5 Å². The van der Waals surface area contributed by atoms with Crippen molar-refractivity contribution in [3.63, 3.8) is 0 Å². The van der Waals surface area contributed by atoms with Gasteiger partial charge >= 0.3 is 0 Å². The summed E-state index contributed by atoms with van der Waals surface area (Å²) in [5.74, 6) is -0.330. The van der Waals surface area contributed by atoms with Crippen molar-refractivity contribution in [3.05, 3.63) is 107 Å². The molecule has 0 aromatic heterocycles. The smallest absolute Gasteiger partial charge is 0.257 e. The van der Waals surface area contributed by atoms with Gasteiger partial charge in [-0.2, -0.15) is 5.10 Å². The Bertz CT molecular complexity index is 1370. The van der Waals surface area contributed by atoms with E-state index < -0.39 is 0 Å². The average molecular weight is 518 g/mol. The molecule has 1 heterocycles. The molecule has 2 atom stereocenters. The zero-order valence-corrected chi connectivity index (χ0v) is 21.0. The van der Waals surface area contributed by atoms with Crippen molar-refractivity contribution in [2.45, 2.75) is 25.3 Å². The summed E-state index contributed by atoms with van der Waals surface area (Å²) in [6, 6.07) is 19.1. The minimum absolute atomic E-state index is 0.00162. The van der Waals surface area contributed by atoms with E-state index in [0.717, 1.165) is 41.7 Å². The third kappa shape index (κ3) is 5.29. The molecule has 0 bridgehead atoms. The lowest BCUT2D eigenvalue weighted by Gasteiger charge is -2.30. The topological polar surface area (TPSA) is 53.9 Å². The number of ether oxygens (including phenoxy) is 1. The Labute approximate surface area is 219 Å². The molecule has 5 rings (SSSR count). The van der Waals surface area contributed by atoms with Crippen LogP contribution in [0.15, 0.2) is 83.5 Å². The van der Waals surface area contributed by atoms with Gasteiger partial charge in [0.2, 0.25) is 0 Å². The first-order chi connectivity index (χ1) is 17.9. The fraction of sp³-hybridized carbons (Fsp3) is 0.207. The molecule has 37 heavy (non-hydrogen) atoms. The molecule has 1 N–H and O–H groups in total. The summed E-state index contributed by atoms with van der Waals surface area (Å²) in [6.07, 6.45) is 4.65. The minimum atomic E-state index is -0.359. The summed E-state index contributed by atoms with van der Waals surface area (Å²) in [5, 5.41) is 9.53. The van der Waals surface area contributed by atoms with E-state index in [1.807, 2.05) is 6.08 Å². The fourth-order valence-corrected chi connectivity index (χ4v) is 5.14. The Morgan fingerprint density at radius 3 is 2.32 bits per heavy atom. The molecule has 2 unspecified atom stereocenters. The second kappa shape index (κ2) is 10.6. The SMILES string of the molecule is COc1ccc(C(=O)NC(=S)N2N=C3/C(=C\c4ccc(F)cc4)CCCC3C2c2ccc(F)cc2)cc1. The molecule has 1 fully saturated rings. The van der Waals surface area contributed by atoms with Gasteiger partial charge in [-0.15, -0.1) is 0 Å². The molecule has 1 amide bonds. The van der Waals surface area contributed by atoms with Crippen molar-refractivity contribution in [1.29, 1.82) is 0 Å². The van der Waals surface area contributed by atoms with Crippen LogP contribution in [0.4, 0.5) is 8.78 Å². The number of nitrogens with one attached hydrogen (secondary N) is 1. The lowest BCUT2D eigenvalue weighted by Crippen LogP contribution is -2.41. The van der Waals surface area contributed by atoms with Crippen molar-refractivity contribution in [2.24, 2.45) is 11.0 Å². The number of rotatable bonds is 4. The molecular formula is C29H25F2N3O2S. The highest BCUT2D eigenvalue weighted by Gasteiger charge is 2.43. The number of hydrogen-bond acceptors (Lipinski definition) is 4. The van der Waals surface area contributed by atoms with Gasteiger partial charge in [0.25, 0.3) is 5.91 Å². The summed E-state index contributed by atoms with van der Waals surface area (Å²) in [7, 11) is 1.56. The van der Waals surface area contributed by atoms with E-state index >= 15 is 0 Å². The zero-order valence-electron chi connectivity index (χ0n) is 20.2. The van der Waals surface area contributed by atoms with E-state index in [1.165, 1.54) is 24.3 Å². The lowest BCUT2D eigenvalue weighted by atomic mass is 9.77. The van der Waals surface area contributed by atoms with Crippen LogP contribution in [0.3, 0.4) is 0 Å². The van der Waals surface area contributed by atoms with Crippen LogP contribution in [0, 0.1) is 17.6 Å². The number of allylic oxidation sites excluding steroid dienone is 1. The van der Waals surface area contributed by atoms with Crippen LogP contribution in [0.25, 0.3) is 6.08 Å². The maximum atomic E-state index is 13.7. The number of hydrogen-bond donors (Lipinski definition) is 1. The Hall–Kier alpha value is -3.91. The van der Waals surface area contributed by atoms with E-state index in [0.29, 0.717) is 11.3 Å². The molecule has 0 radical (unpaired) electrons. The molecule has 0 saturated heterocycles. The maximum Gasteiger partial charge on any atom is 0.257 e. The predicted molar refractivity (Wildman–Crippen MR) is 143 cm³/mol. The van der Waals surface area contributed by atoms with Crippen molar-refractivity contribution in [3.8, 4) is 5.75 Å². The second-order valence-electron chi connectivity index (χ2n) is 9.03. The Morgan fingerprint density at radius 1 is 1.03 bits per heavy atom. The highest BCUT2D eigenvalue weighted by Crippen LogP contribution is 2.44. The van der Waals surface area contributed by atoms with Crippen LogP contribution in [0.2, 0.25) is 0 Å². The number of thiocarbonyl (C=S) groups is 1. The Morgan fingerprint density at radius 2 is 1.68 bits per heavy atom. The van der Waals surface area contributed by atoms with Crippen LogP contribution < -0.4 is 10.1 Å². The number of halogens is 2. The van der Waals surface area contributed by atoms with Gasteiger partial charge in [0.15, 0.2) is 5.11 Å². The standard InChI is InChI=1S/C29H25F2N3O2S/c1-36-24-15-9-20(10-16-24)28(35)32-29(37)34-27(19-7-13-23(31)14-8-19)25-4-2-3-21(26(25)33-34)17-18-5-11-22(30)12-6-18/h5-17,25,27H,2-4H2,1H3,(H,32,35,37)/b21-17-. The molecule has 0 spiro atoms. The van der Waals surface area contributed by atoms with E-state index in [4.69, 9.17) is 22.1 Å². The molecule has 1 aliphatic carbocycles. The van der Waals surface area contributed by atoms with Gasteiger partial charge in [0.1, 0.15) is 17.4 Å². The summed E-state index contributed by atoms with van der Waals surface area (Å²) in [4.78, 5) is 12.9. The van der Waals surface area contributed by atoms with Gasteiger partial charge in [-0.3, -0.25) is 10.1 Å². The van der Waals surface area contributed by atoms with Gasteiger partial charge in [-0.05, 0) is 103 Å². The quantitative estimate of drug-likeness (QED) is 0.414. The van der Waals surface area contributed by atoms with Crippen molar-refractivity contribution < 1.29 is 18.3 Å². The van der Waals surface area contributed by atoms with Crippen molar-refractivity contribution in [1.82, 2.24) is 10.3 Å².